The molecule has 1 aromatic rings. The molecular formula is C13H18ClNO. The van der Waals surface area contributed by atoms with Gasteiger partial charge in [0.05, 0.1) is 7.11 Å². The second-order valence-corrected chi connectivity index (χ2v) is 4.64. The highest BCUT2D eigenvalue weighted by atomic mass is 35.5. The maximum atomic E-state index is 6.32. The van der Waals surface area contributed by atoms with Gasteiger partial charge in [-0.25, -0.2) is 0 Å². The van der Waals surface area contributed by atoms with E-state index in [0.717, 1.165) is 23.6 Å². The van der Waals surface area contributed by atoms with Crippen LogP contribution in [-0.2, 0) is 6.42 Å². The lowest BCUT2D eigenvalue weighted by atomic mass is 9.98. The number of hydrogen-bond acceptors (Lipinski definition) is 2. The van der Waals surface area contributed by atoms with Gasteiger partial charge in [0.1, 0.15) is 5.75 Å². The van der Waals surface area contributed by atoms with Crippen LogP contribution in [-0.4, -0.2) is 14.2 Å². The van der Waals surface area contributed by atoms with E-state index in [-0.39, 0.29) is 0 Å². The Morgan fingerprint density at radius 3 is 2.88 bits per heavy atom. The predicted octanol–water partition coefficient (Wildman–Crippen LogP) is 3.34. The number of rotatable bonds is 2. The van der Waals surface area contributed by atoms with Crippen LogP contribution in [0.25, 0.3) is 0 Å². The zero-order valence-electron chi connectivity index (χ0n) is 9.85. The highest BCUT2D eigenvalue weighted by molar-refractivity contribution is 6.31. The summed E-state index contributed by atoms with van der Waals surface area (Å²) in [4.78, 5) is 0. The molecule has 2 rings (SSSR count). The normalized spacial score (nSPS) is 20.1. The zero-order chi connectivity index (χ0) is 11.5. The first-order chi connectivity index (χ1) is 7.77. The van der Waals surface area contributed by atoms with E-state index in [2.05, 4.69) is 5.32 Å². The van der Waals surface area contributed by atoms with Gasteiger partial charge in [0.25, 0.3) is 0 Å². The Morgan fingerprint density at radius 1 is 1.38 bits per heavy atom. The highest BCUT2D eigenvalue weighted by Gasteiger charge is 2.22. The van der Waals surface area contributed by atoms with E-state index in [1.54, 1.807) is 7.11 Å². The van der Waals surface area contributed by atoms with Gasteiger partial charge in [-0.1, -0.05) is 18.0 Å². The first-order valence-electron chi connectivity index (χ1n) is 5.80. The molecular weight excluding hydrogens is 222 g/mol. The van der Waals surface area contributed by atoms with Gasteiger partial charge in [-0.05, 0) is 44.0 Å². The van der Waals surface area contributed by atoms with E-state index >= 15 is 0 Å². The second kappa shape index (κ2) is 5.07. The van der Waals surface area contributed by atoms with Gasteiger partial charge >= 0.3 is 0 Å². The van der Waals surface area contributed by atoms with Crippen molar-refractivity contribution >= 4 is 11.6 Å². The molecule has 16 heavy (non-hydrogen) atoms. The van der Waals surface area contributed by atoms with Gasteiger partial charge in [-0.3, -0.25) is 0 Å². The number of methoxy groups -OCH3 is 1. The van der Waals surface area contributed by atoms with Crippen LogP contribution in [0.4, 0.5) is 0 Å². The second-order valence-electron chi connectivity index (χ2n) is 4.23. The van der Waals surface area contributed by atoms with Gasteiger partial charge in [0.2, 0.25) is 0 Å². The van der Waals surface area contributed by atoms with E-state index in [1.807, 2.05) is 19.2 Å². The Morgan fingerprint density at radius 2 is 2.19 bits per heavy atom. The smallest absolute Gasteiger partial charge is 0.122 e. The summed E-state index contributed by atoms with van der Waals surface area (Å²) in [5.41, 5.74) is 2.52. The number of hydrogen-bond donors (Lipinski definition) is 1. The molecule has 1 aromatic carbocycles. The molecule has 0 aromatic heterocycles. The number of benzene rings is 1. The summed E-state index contributed by atoms with van der Waals surface area (Å²) >= 11 is 6.32. The Hall–Kier alpha value is -0.730. The number of halogens is 1. The average molecular weight is 240 g/mol. The quantitative estimate of drug-likeness (QED) is 0.800. The Kier molecular flexibility index (Phi) is 3.72. The largest absolute Gasteiger partial charge is 0.496 e. The van der Waals surface area contributed by atoms with Crippen LogP contribution in [0.3, 0.4) is 0 Å². The summed E-state index contributed by atoms with van der Waals surface area (Å²) in [5, 5.41) is 4.21. The summed E-state index contributed by atoms with van der Waals surface area (Å²) in [7, 11) is 3.72. The molecule has 0 fully saturated rings. The van der Waals surface area contributed by atoms with E-state index in [9.17, 15) is 0 Å². The summed E-state index contributed by atoms with van der Waals surface area (Å²) < 4.78 is 5.43. The van der Waals surface area contributed by atoms with Crippen molar-refractivity contribution in [1.82, 2.24) is 5.32 Å². The number of nitrogens with one attached hydrogen (secondary N) is 1. The van der Waals surface area contributed by atoms with Crippen LogP contribution in [0.1, 0.15) is 36.4 Å². The van der Waals surface area contributed by atoms with Gasteiger partial charge < -0.3 is 10.1 Å². The minimum atomic E-state index is 0.361. The molecule has 1 aliphatic carbocycles. The van der Waals surface area contributed by atoms with E-state index in [0.29, 0.717) is 6.04 Å². The van der Waals surface area contributed by atoms with Crippen LogP contribution in [0.2, 0.25) is 5.02 Å². The predicted molar refractivity (Wildman–Crippen MR) is 67.4 cm³/mol. The lowest BCUT2D eigenvalue weighted by molar-refractivity contribution is 0.408. The fourth-order valence-electron chi connectivity index (χ4n) is 2.53. The maximum Gasteiger partial charge on any atom is 0.122 e. The minimum Gasteiger partial charge on any atom is -0.496 e. The van der Waals surface area contributed by atoms with Crippen LogP contribution in [0.15, 0.2) is 12.1 Å². The summed E-state index contributed by atoms with van der Waals surface area (Å²) in [6.45, 7) is 0. The first-order valence-corrected chi connectivity index (χ1v) is 6.18. The van der Waals surface area contributed by atoms with Crippen molar-refractivity contribution in [2.24, 2.45) is 0 Å². The third-order valence-corrected chi connectivity index (χ3v) is 3.68. The summed E-state index contributed by atoms with van der Waals surface area (Å²) in [6, 6.07) is 4.27. The SMILES string of the molecule is CNC1CCCCc2c(OC)ccc(Cl)c21. The molecule has 2 nitrogen and oxygen atoms in total. The van der Waals surface area contributed by atoms with Crippen LogP contribution < -0.4 is 10.1 Å². The monoisotopic (exact) mass is 239 g/mol. The molecule has 0 saturated carbocycles. The fourth-order valence-corrected chi connectivity index (χ4v) is 2.83. The molecule has 88 valence electrons. The lowest BCUT2D eigenvalue weighted by Gasteiger charge is -2.20. The molecule has 1 aliphatic rings. The Bertz CT molecular complexity index is 378. The maximum absolute atomic E-state index is 6.32. The van der Waals surface area contributed by atoms with Crippen LogP contribution in [0, 0.1) is 0 Å². The van der Waals surface area contributed by atoms with Crippen LogP contribution >= 0.6 is 11.6 Å². The van der Waals surface area contributed by atoms with E-state index in [1.165, 1.54) is 24.0 Å². The molecule has 0 aliphatic heterocycles. The standard InChI is InChI=1S/C13H18ClNO/c1-15-11-6-4-3-5-9-12(16-2)8-7-10(14)13(9)11/h7-8,11,15H,3-6H2,1-2H3. The molecule has 1 atom stereocenters. The average Bonchev–Trinajstić information content (AvgIpc) is 2.52. The summed E-state index contributed by atoms with van der Waals surface area (Å²) in [5.74, 6) is 0.974. The van der Waals surface area contributed by atoms with Gasteiger partial charge in [0.15, 0.2) is 0 Å². The molecule has 0 spiro atoms. The molecule has 0 heterocycles. The van der Waals surface area contributed by atoms with Gasteiger partial charge in [-0.2, -0.15) is 0 Å². The zero-order valence-corrected chi connectivity index (χ0v) is 10.6. The molecule has 1 N–H and O–H groups in total. The fraction of sp³-hybridized carbons (Fsp3) is 0.538. The van der Waals surface area contributed by atoms with Crippen molar-refractivity contribution in [2.45, 2.75) is 31.7 Å². The Balaban J connectivity index is 2.54. The molecule has 3 heteroatoms. The van der Waals surface area contributed by atoms with Crippen molar-refractivity contribution in [1.29, 1.82) is 0 Å². The van der Waals surface area contributed by atoms with Gasteiger partial charge in [0, 0.05) is 16.6 Å². The van der Waals surface area contributed by atoms with E-state index in [4.69, 9.17) is 16.3 Å². The molecule has 0 bridgehead atoms. The number of fused-ring (bicyclic) bond motifs is 1. The first kappa shape index (κ1) is 11.7. The third-order valence-electron chi connectivity index (χ3n) is 3.35. The molecule has 0 saturated heterocycles. The topological polar surface area (TPSA) is 21.3 Å². The highest BCUT2D eigenvalue weighted by Crippen LogP contribution is 2.38. The molecule has 0 radical (unpaired) electrons. The van der Waals surface area contributed by atoms with E-state index < -0.39 is 0 Å². The van der Waals surface area contributed by atoms with Crippen molar-refractivity contribution in [3.8, 4) is 5.75 Å². The van der Waals surface area contributed by atoms with Crippen molar-refractivity contribution < 1.29 is 4.74 Å². The van der Waals surface area contributed by atoms with Crippen molar-refractivity contribution in [3.63, 3.8) is 0 Å². The lowest BCUT2D eigenvalue weighted by Crippen LogP contribution is -2.17. The van der Waals surface area contributed by atoms with Crippen molar-refractivity contribution in [2.75, 3.05) is 14.2 Å². The molecule has 0 amide bonds. The van der Waals surface area contributed by atoms with Crippen LogP contribution in [0.5, 0.6) is 5.75 Å². The van der Waals surface area contributed by atoms with Gasteiger partial charge in [-0.15, -0.1) is 0 Å². The summed E-state index contributed by atoms with van der Waals surface area (Å²) in [6.07, 6.45) is 4.66. The molecule has 1 unspecified atom stereocenters. The third kappa shape index (κ3) is 2.04. The Labute approximate surface area is 102 Å². The minimum absolute atomic E-state index is 0.361. The number of ether oxygens (including phenoxy) is 1. The van der Waals surface area contributed by atoms with Crippen molar-refractivity contribution in [3.05, 3.63) is 28.3 Å².